The lowest BCUT2D eigenvalue weighted by molar-refractivity contribution is 0.575. The summed E-state index contributed by atoms with van der Waals surface area (Å²) in [5.74, 6) is 0.917. The fraction of sp³-hybridized carbons (Fsp3) is 0.500. The summed E-state index contributed by atoms with van der Waals surface area (Å²) in [7, 11) is 0. The molecule has 2 aromatic heterocycles. The molecular formula is C10H15N5S. The van der Waals surface area contributed by atoms with Crippen molar-refractivity contribution < 1.29 is 0 Å². The van der Waals surface area contributed by atoms with E-state index in [1.54, 1.807) is 11.3 Å². The van der Waals surface area contributed by atoms with E-state index in [0.29, 0.717) is 6.04 Å². The zero-order valence-electron chi connectivity index (χ0n) is 9.40. The van der Waals surface area contributed by atoms with Gasteiger partial charge in [-0.05, 0) is 13.8 Å². The first-order valence-electron chi connectivity index (χ1n) is 5.25. The Morgan fingerprint density at radius 3 is 3.00 bits per heavy atom. The van der Waals surface area contributed by atoms with E-state index in [1.165, 1.54) is 11.2 Å². The molecule has 1 unspecified atom stereocenters. The number of aromatic nitrogens is 4. The van der Waals surface area contributed by atoms with Crippen LogP contribution in [-0.4, -0.2) is 26.7 Å². The fourth-order valence-corrected chi connectivity index (χ4v) is 2.41. The molecule has 0 spiro atoms. The Hall–Kier alpha value is -1.27. The Morgan fingerprint density at radius 1 is 1.50 bits per heavy atom. The second-order valence-corrected chi connectivity index (χ2v) is 4.55. The third-order valence-electron chi connectivity index (χ3n) is 2.45. The van der Waals surface area contributed by atoms with Crippen LogP contribution in [-0.2, 0) is 6.42 Å². The first-order valence-corrected chi connectivity index (χ1v) is 6.13. The molecule has 2 aromatic rings. The van der Waals surface area contributed by atoms with Gasteiger partial charge >= 0.3 is 0 Å². The molecule has 0 bridgehead atoms. The van der Waals surface area contributed by atoms with Gasteiger partial charge in [-0.2, -0.15) is 5.10 Å². The molecular weight excluding hydrogens is 222 g/mol. The minimum atomic E-state index is 0.343. The van der Waals surface area contributed by atoms with E-state index < -0.39 is 0 Å². The maximum atomic E-state index is 4.25. The van der Waals surface area contributed by atoms with E-state index in [0.717, 1.165) is 24.5 Å². The molecule has 0 saturated carbocycles. The molecule has 86 valence electrons. The molecule has 2 rings (SSSR count). The monoisotopic (exact) mass is 237 g/mol. The Labute approximate surface area is 98.3 Å². The zero-order valence-corrected chi connectivity index (χ0v) is 10.2. The summed E-state index contributed by atoms with van der Waals surface area (Å²) in [4.78, 5) is 9.63. The van der Waals surface area contributed by atoms with Crippen LogP contribution in [0.25, 0.3) is 0 Å². The van der Waals surface area contributed by atoms with E-state index >= 15 is 0 Å². The number of hydrogen-bond donors (Lipinski definition) is 2. The van der Waals surface area contributed by atoms with Gasteiger partial charge < -0.3 is 5.32 Å². The van der Waals surface area contributed by atoms with Crippen molar-refractivity contribution in [1.82, 2.24) is 25.5 Å². The van der Waals surface area contributed by atoms with Crippen molar-refractivity contribution >= 4 is 11.3 Å². The zero-order chi connectivity index (χ0) is 11.4. The van der Waals surface area contributed by atoms with Crippen LogP contribution >= 0.6 is 11.3 Å². The van der Waals surface area contributed by atoms with Crippen molar-refractivity contribution in [2.45, 2.75) is 26.3 Å². The average Bonchev–Trinajstić information content (AvgIpc) is 2.88. The van der Waals surface area contributed by atoms with Gasteiger partial charge in [-0.3, -0.25) is 5.10 Å². The summed E-state index contributed by atoms with van der Waals surface area (Å²) in [5, 5.41) is 10.1. The van der Waals surface area contributed by atoms with Gasteiger partial charge in [0.05, 0.1) is 11.2 Å². The SMILES string of the molecule is Cc1ncsc1C(C)NCCc1ncn[nH]1. The Balaban J connectivity index is 1.80. The molecule has 0 aliphatic rings. The van der Waals surface area contributed by atoms with Crippen molar-refractivity contribution in [3.63, 3.8) is 0 Å². The van der Waals surface area contributed by atoms with E-state index in [1.807, 2.05) is 12.4 Å². The smallest absolute Gasteiger partial charge is 0.137 e. The molecule has 2 heterocycles. The third kappa shape index (κ3) is 2.65. The number of rotatable bonds is 5. The van der Waals surface area contributed by atoms with E-state index in [4.69, 9.17) is 0 Å². The van der Waals surface area contributed by atoms with Crippen molar-refractivity contribution in [2.24, 2.45) is 0 Å². The summed E-state index contributed by atoms with van der Waals surface area (Å²) in [6, 6.07) is 0.343. The highest BCUT2D eigenvalue weighted by molar-refractivity contribution is 7.09. The minimum absolute atomic E-state index is 0.343. The molecule has 5 nitrogen and oxygen atoms in total. The number of H-pyrrole nitrogens is 1. The highest BCUT2D eigenvalue weighted by Crippen LogP contribution is 2.20. The molecule has 0 saturated heterocycles. The first kappa shape index (κ1) is 11.2. The molecule has 2 N–H and O–H groups in total. The second kappa shape index (κ2) is 5.18. The Morgan fingerprint density at radius 2 is 2.38 bits per heavy atom. The molecule has 0 aromatic carbocycles. The second-order valence-electron chi connectivity index (χ2n) is 3.66. The van der Waals surface area contributed by atoms with Crippen LogP contribution in [0.1, 0.15) is 29.4 Å². The summed E-state index contributed by atoms with van der Waals surface area (Å²) in [6.07, 6.45) is 2.40. The van der Waals surface area contributed by atoms with Crippen LogP contribution in [0.4, 0.5) is 0 Å². The summed E-state index contributed by atoms with van der Waals surface area (Å²) < 4.78 is 0. The minimum Gasteiger partial charge on any atom is -0.309 e. The number of aromatic amines is 1. The van der Waals surface area contributed by atoms with Gasteiger partial charge in [-0.25, -0.2) is 9.97 Å². The standard InChI is InChI=1S/C10H15N5S/c1-7(10-8(2)13-6-16-10)11-4-3-9-12-5-14-15-9/h5-7,11H,3-4H2,1-2H3,(H,12,14,15). The highest BCUT2D eigenvalue weighted by Gasteiger charge is 2.09. The molecule has 0 aliphatic carbocycles. The van der Waals surface area contributed by atoms with Crippen LogP contribution in [0, 0.1) is 6.92 Å². The lowest BCUT2D eigenvalue weighted by Gasteiger charge is -2.11. The van der Waals surface area contributed by atoms with Gasteiger partial charge in [-0.1, -0.05) is 0 Å². The first-order chi connectivity index (χ1) is 7.77. The normalized spacial score (nSPS) is 12.9. The van der Waals surface area contributed by atoms with Crippen molar-refractivity contribution in [2.75, 3.05) is 6.54 Å². The molecule has 1 atom stereocenters. The van der Waals surface area contributed by atoms with Gasteiger partial charge in [0.2, 0.25) is 0 Å². The molecule has 0 amide bonds. The number of nitrogens with one attached hydrogen (secondary N) is 2. The molecule has 0 radical (unpaired) electrons. The van der Waals surface area contributed by atoms with Gasteiger partial charge in [0.15, 0.2) is 0 Å². The van der Waals surface area contributed by atoms with Gasteiger partial charge in [0.1, 0.15) is 12.2 Å². The third-order valence-corrected chi connectivity index (χ3v) is 3.57. The summed E-state index contributed by atoms with van der Waals surface area (Å²) in [5.41, 5.74) is 3.00. The number of nitrogens with zero attached hydrogens (tertiary/aromatic N) is 3. The number of aryl methyl sites for hydroxylation is 1. The van der Waals surface area contributed by atoms with Crippen LogP contribution < -0.4 is 5.32 Å². The van der Waals surface area contributed by atoms with Gasteiger partial charge in [0.25, 0.3) is 0 Å². The largest absolute Gasteiger partial charge is 0.309 e. The topological polar surface area (TPSA) is 66.5 Å². The maximum absolute atomic E-state index is 4.25. The predicted octanol–water partition coefficient (Wildman–Crippen LogP) is 1.46. The average molecular weight is 237 g/mol. The number of thiazole rings is 1. The van der Waals surface area contributed by atoms with Crippen LogP contribution in [0.2, 0.25) is 0 Å². The van der Waals surface area contributed by atoms with Gasteiger partial charge in [0, 0.05) is 23.9 Å². The highest BCUT2D eigenvalue weighted by atomic mass is 32.1. The Bertz CT molecular complexity index is 422. The van der Waals surface area contributed by atoms with E-state index in [2.05, 4.69) is 32.4 Å². The molecule has 0 aliphatic heterocycles. The van der Waals surface area contributed by atoms with Crippen LogP contribution in [0.15, 0.2) is 11.8 Å². The van der Waals surface area contributed by atoms with E-state index in [-0.39, 0.29) is 0 Å². The van der Waals surface area contributed by atoms with Crippen molar-refractivity contribution in [1.29, 1.82) is 0 Å². The summed E-state index contributed by atoms with van der Waals surface area (Å²) >= 11 is 1.70. The molecule has 6 heteroatoms. The molecule has 0 fully saturated rings. The van der Waals surface area contributed by atoms with Crippen LogP contribution in [0.3, 0.4) is 0 Å². The van der Waals surface area contributed by atoms with E-state index in [9.17, 15) is 0 Å². The number of hydrogen-bond acceptors (Lipinski definition) is 5. The van der Waals surface area contributed by atoms with Crippen molar-refractivity contribution in [3.8, 4) is 0 Å². The van der Waals surface area contributed by atoms with Gasteiger partial charge in [-0.15, -0.1) is 11.3 Å². The summed E-state index contributed by atoms with van der Waals surface area (Å²) in [6.45, 7) is 5.08. The lowest BCUT2D eigenvalue weighted by atomic mass is 10.2. The Kier molecular flexibility index (Phi) is 3.63. The fourth-order valence-electron chi connectivity index (χ4n) is 1.58. The van der Waals surface area contributed by atoms with Crippen molar-refractivity contribution in [3.05, 3.63) is 28.2 Å². The maximum Gasteiger partial charge on any atom is 0.137 e. The lowest BCUT2D eigenvalue weighted by Crippen LogP contribution is -2.21. The predicted molar refractivity (Wildman–Crippen MR) is 63.4 cm³/mol. The van der Waals surface area contributed by atoms with Crippen LogP contribution in [0.5, 0.6) is 0 Å². The quantitative estimate of drug-likeness (QED) is 0.826. The molecule has 16 heavy (non-hydrogen) atoms.